The number of rotatable bonds is 2. The van der Waals surface area contributed by atoms with Crippen molar-refractivity contribution in [3.05, 3.63) is 57.9 Å². The zero-order chi connectivity index (χ0) is 17.8. The summed E-state index contributed by atoms with van der Waals surface area (Å²) in [5, 5.41) is 5.11. The Morgan fingerprint density at radius 1 is 1.19 bits per heavy atom. The van der Waals surface area contributed by atoms with Gasteiger partial charge >= 0.3 is 0 Å². The molecule has 0 radical (unpaired) electrons. The Hall–Kier alpha value is -2.47. The first-order valence-electron chi connectivity index (χ1n) is 9.33. The number of aromatic nitrogens is 4. The molecule has 1 fully saturated rings. The predicted molar refractivity (Wildman–Crippen MR) is 100 cm³/mol. The number of nitrogens with zero attached hydrogens (tertiary/aromatic N) is 5. The number of hydrogen-bond donors (Lipinski definition) is 0. The molecule has 2 aromatic heterocycles. The lowest BCUT2D eigenvalue weighted by atomic mass is 10.1. The molecule has 6 nitrogen and oxygen atoms in total. The smallest absolute Gasteiger partial charge is 0.261 e. The van der Waals surface area contributed by atoms with Crippen LogP contribution in [0.25, 0.3) is 10.9 Å². The van der Waals surface area contributed by atoms with E-state index in [0.717, 1.165) is 42.7 Å². The number of fused-ring (bicyclic) bond motifs is 4. The molecule has 26 heavy (non-hydrogen) atoms. The fraction of sp³-hybridized carbons (Fsp3) is 0.450. The van der Waals surface area contributed by atoms with Crippen LogP contribution in [0.3, 0.4) is 0 Å². The van der Waals surface area contributed by atoms with Crippen LogP contribution in [0.2, 0.25) is 0 Å². The second kappa shape index (κ2) is 5.77. The van der Waals surface area contributed by atoms with Crippen molar-refractivity contribution >= 4 is 10.9 Å². The van der Waals surface area contributed by atoms with Crippen LogP contribution < -0.4 is 5.56 Å². The van der Waals surface area contributed by atoms with Crippen LogP contribution in [-0.4, -0.2) is 36.3 Å². The van der Waals surface area contributed by atoms with Gasteiger partial charge in [-0.1, -0.05) is 12.1 Å². The molecule has 2 bridgehead atoms. The summed E-state index contributed by atoms with van der Waals surface area (Å²) in [6.45, 7) is 3.76. The van der Waals surface area contributed by atoms with Crippen LogP contribution in [0.15, 0.2) is 35.3 Å². The predicted octanol–water partition coefficient (Wildman–Crippen LogP) is 2.03. The first kappa shape index (κ1) is 15.8. The van der Waals surface area contributed by atoms with Crippen molar-refractivity contribution in [3.63, 3.8) is 0 Å². The molecule has 2 aliphatic rings. The Kier molecular flexibility index (Phi) is 3.50. The average molecular weight is 349 g/mol. The molecule has 1 aromatic carbocycles. The Balaban J connectivity index is 1.54. The van der Waals surface area contributed by atoms with Crippen molar-refractivity contribution in [2.24, 2.45) is 7.05 Å². The highest BCUT2D eigenvalue weighted by molar-refractivity contribution is 5.77. The van der Waals surface area contributed by atoms with E-state index in [1.54, 1.807) is 0 Å². The van der Waals surface area contributed by atoms with E-state index in [1.165, 1.54) is 17.7 Å². The van der Waals surface area contributed by atoms with E-state index in [2.05, 4.69) is 16.9 Å². The van der Waals surface area contributed by atoms with Gasteiger partial charge in [-0.15, -0.1) is 0 Å². The first-order valence-corrected chi connectivity index (χ1v) is 9.33. The Morgan fingerprint density at radius 3 is 2.81 bits per heavy atom. The average Bonchev–Trinajstić information content (AvgIpc) is 3.10. The standard InChI is InChI=1S/C20H23N5O/c1-13-14(10-21-23(13)2)11-24-15-7-8-16(24)12-25-19(9-15)22-18-6-4-3-5-17(18)20(25)26/h3-6,10,15-16H,7-9,11-12H2,1-2H3/t15-,16-/m0/s1. The summed E-state index contributed by atoms with van der Waals surface area (Å²) in [5.74, 6) is 0.939. The Bertz CT molecular complexity index is 1050. The minimum absolute atomic E-state index is 0.107. The molecule has 134 valence electrons. The molecule has 4 heterocycles. The van der Waals surface area contributed by atoms with Gasteiger partial charge in [-0.3, -0.25) is 18.9 Å². The minimum Gasteiger partial charge on any atom is -0.294 e. The van der Waals surface area contributed by atoms with Gasteiger partial charge in [0.1, 0.15) is 5.82 Å². The number of benzene rings is 1. The highest BCUT2D eigenvalue weighted by atomic mass is 16.1. The molecule has 1 saturated heterocycles. The molecule has 0 saturated carbocycles. The van der Waals surface area contributed by atoms with Crippen molar-refractivity contribution in [2.75, 3.05) is 0 Å². The van der Waals surface area contributed by atoms with Gasteiger partial charge in [-0.2, -0.15) is 5.10 Å². The molecule has 3 aromatic rings. The van der Waals surface area contributed by atoms with Crippen molar-refractivity contribution in [1.82, 2.24) is 24.2 Å². The van der Waals surface area contributed by atoms with E-state index >= 15 is 0 Å². The van der Waals surface area contributed by atoms with Gasteiger partial charge in [-0.05, 0) is 31.9 Å². The topological polar surface area (TPSA) is 56.0 Å². The zero-order valence-corrected chi connectivity index (χ0v) is 15.2. The summed E-state index contributed by atoms with van der Waals surface area (Å²) in [6.07, 6.45) is 5.14. The Morgan fingerprint density at radius 2 is 2.00 bits per heavy atom. The van der Waals surface area contributed by atoms with E-state index < -0.39 is 0 Å². The molecule has 5 rings (SSSR count). The van der Waals surface area contributed by atoms with Gasteiger partial charge in [0, 0.05) is 49.9 Å². The van der Waals surface area contributed by atoms with E-state index in [1.807, 2.05) is 46.8 Å². The van der Waals surface area contributed by atoms with Crippen LogP contribution in [0, 0.1) is 6.92 Å². The minimum atomic E-state index is 0.107. The molecule has 2 atom stereocenters. The summed E-state index contributed by atoms with van der Waals surface area (Å²) >= 11 is 0. The van der Waals surface area contributed by atoms with Gasteiger partial charge in [-0.25, -0.2) is 4.98 Å². The van der Waals surface area contributed by atoms with Crippen LogP contribution in [-0.2, 0) is 26.6 Å². The number of para-hydroxylation sites is 1. The quantitative estimate of drug-likeness (QED) is 0.710. The molecular weight excluding hydrogens is 326 g/mol. The van der Waals surface area contributed by atoms with E-state index in [4.69, 9.17) is 4.98 Å². The SMILES string of the molecule is Cc1c(CN2[C@H]3CC[C@H]2Cn2c(nc4ccccc4c2=O)C3)cnn1C. The maximum absolute atomic E-state index is 13.0. The fourth-order valence-corrected chi connectivity index (χ4v) is 4.56. The third kappa shape index (κ3) is 2.32. The van der Waals surface area contributed by atoms with Gasteiger partial charge in [0.25, 0.3) is 5.56 Å². The lowest BCUT2D eigenvalue weighted by Gasteiger charge is -2.27. The second-order valence-corrected chi connectivity index (χ2v) is 7.60. The Labute approximate surface area is 152 Å². The maximum atomic E-state index is 13.0. The van der Waals surface area contributed by atoms with Crippen LogP contribution in [0.1, 0.15) is 29.9 Å². The van der Waals surface area contributed by atoms with Crippen LogP contribution in [0.4, 0.5) is 0 Å². The normalized spacial score (nSPS) is 22.5. The van der Waals surface area contributed by atoms with Gasteiger partial charge in [0.2, 0.25) is 0 Å². The van der Waals surface area contributed by atoms with E-state index in [9.17, 15) is 4.79 Å². The number of hydrogen-bond acceptors (Lipinski definition) is 4. The van der Waals surface area contributed by atoms with Crippen molar-refractivity contribution in [3.8, 4) is 0 Å². The maximum Gasteiger partial charge on any atom is 0.261 e. The number of aryl methyl sites for hydroxylation is 1. The van der Waals surface area contributed by atoms with Crippen molar-refractivity contribution < 1.29 is 0 Å². The summed E-state index contributed by atoms with van der Waals surface area (Å²) in [7, 11) is 1.99. The van der Waals surface area contributed by atoms with Crippen molar-refractivity contribution in [1.29, 1.82) is 0 Å². The summed E-state index contributed by atoms with van der Waals surface area (Å²) in [5.41, 5.74) is 3.42. The van der Waals surface area contributed by atoms with E-state index in [0.29, 0.717) is 12.1 Å². The summed E-state index contributed by atoms with van der Waals surface area (Å²) in [4.78, 5) is 20.4. The monoisotopic (exact) mass is 349 g/mol. The highest BCUT2D eigenvalue weighted by Gasteiger charge is 2.38. The largest absolute Gasteiger partial charge is 0.294 e. The van der Waals surface area contributed by atoms with Crippen molar-refractivity contribution in [2.45, 2.75) is 51.4 Å². The first-order chi connectivity index (χ1) is 12.6. The van der Waals surface area contributed by atoms with Gasteiger partial charge in [0.05, 0.1) is 17.1 Å². The van der Waals surface area contributed by atoms with E-state index in [-0.39, 0.29) is 5.56 Å². The van der Waals surface area contributed by atoms with Crippen LogP contribution >= 0.6 is 0 Å². The second-order valence-electron chi connectivity index (χ2n) is 7.60. The molecular formula is C20H23N5O. The highest BCUT2D eigenvalue weighted by Crippen LogP contribution is 2.32. The molecule has 6 heteroatoms. The molecule has 0 spiro atoms. The molecule has 0 amide bonds. The van der Waals surface area contributed by atoms with Gasteiger partial charge < -0.3 is 0 Å². The molecule has 2 aliphatic heterocycles. The lowest BCUT2D eigenvalue weighted by molar-refractivity contribution is 0.180. The summed E-state index contributed by atoms with van der Waals surface area (Å²) in [6, 6.07) is 8.53. The van der Waals surface area contributed by atoms with Gasteiger partial charge in [0.15, 0.2) is 0 Å². The summed E-state index contributed by atoms with van der Waals surface area (Å²) < 4.78 is 3.86. The molecule has 0 unspecified atom stereocenters. The van der Waals surface area contributed by atoms with Crippen LogP contribution in [0.5, 0.6) is 0 Å². The third-order valence-corrected chi connectivity index (χ3v) is 6.21. The molecule has 0 N–H and O–H groups in total. The fourth-order valence-electron chi connectivity index (χ4n) is 4.56. The zero-order valence-electron chi connectivity index (χ0n) is 15.2. The lowest BCUT2D eigenvalue weighted by Crippen LogP contribution is -2.37. The molecule has 0 aliphatic carbocycles. The third-order valence-electron chi connectivity index (χ3n) is 6.21.